The van der Waals surface area contributed by atoms with E-state index in [1.54, 1.807) is 0 Å². The molecule has 1 aliphatic carbocycles. The average Bonchev–Trinajstić information content (AvgIpc) is 3.30. The molecule has 0 radical (unpaired) electrons. The summed E-state index contributed by atoms with van der Waals surface area (Å²) in [5.74, 6) is 0.164. The first-order chi connectivity index (χ1) is 16.4. The van der Waals surface area contributed by atoms with Gasteiger partial charge >= 0.3 is 0 Å². The van der Waals surface area contributed by atoms with Crippen molar-refractivity contribution in [1.82, 2.24) is 14.7 Å². The molecule has 1 heterocycles. The molecule has 0 bridgehead atoms. The molecule has 2 amide bonds. The van der Waals surface area contributed by atoms with Crippen LogP contribution in [0.15, 0.2) is 30.3 Å². The average molecular weight is 471 g/mol. The maximum Gasteiger partial charge on any atom is 0.240 e. The molecule has 1 aromatic carbocycles. The lowest BCUT2D eigenvalue weighted by molar-refractivity contribution is -0.142. The first-order valence-corrected chi connectivity index (χ1v) is 13.4. The first kappa shape index (κ1) is 26.7. The number of carbonyl (C=O) groups excluding carboxylic acids is 2. The Balaban J connectivity index is 1.57. The molecule has 0 unspecified atom stereocenters. The van der Waals surface area contributed by atoms with Crippen LogP contribution in [0.1, 0.15) is 70.3 Å². The Morgan fingerprint density at radius 2 is 1.74 bits per heavy atom. The molecular formula is C28H46N4O2. The minimum absolute atomic E-state index is 0.211. The summed E-state index contributed by atoms with van der Waals surface area (Å²) < 4.78 is 0. The summed E-state index contributed by atoms with van der Waals surface area (Å²) in [6.45, 7) is 4.63. The van der Waals surface area contributed by atoms with Crippen molar-refractivity contribution < 1.29 is 9.59 Å². The van der Waals surface area contributed by atoms with Gasteiger partial charge in [-0.25, -0.2) is 0 Å². The number of hydrogen-bond acceptors (Lipinski definition) is 4. The zero-order valence-electron chi connectivity index (χ0n) is 21.6. The minimum atomic E-state index is -0.441. The van der Waals surface area contributed by atoms with Gasteiger partial charge in [-0.2, -0.15) is 0 Å². The van der Waals surface area contributed by atoms with Crippen LogP contribution in [0.2, 0.25) is 0 Å². The molecule has 0 aromatic heterocycles. The maximum atomic E-state index is 13.9. The van der Waals surface area contributed by atoms with Gasteiger partial charge in [-0.3, -0.25) is 14.5 Å². The molecule has 3 atom stereocenters. The van der Waals surface area contributed by atoms with Gasteiger partial charge in [0.15, 0.2) is 0 Å². The highest BCUT2D eigenvalue weighted by molar-refractivity contribution is 5.85. The number of unbranched alkanes of at least 4 members (excludes halogenated alkanes) is 1. The Kier molecular flexibility index (Phi) is 10.4. The van der Waals surface area contributed by atoms with Gasteiger partial charge < -0.3 is 15.5 Å². The standard InChI is InChI=1S/C28H46N4O2/c1-22(27(29)33)31(3)26(24-16-8-5-9-17-24)28(34)32-20-12-18-25(32)21-30(2)19-11-10-15-23-13-6-4-7-14-23/h4,6-7,13-14,22,24-26H,5,8-12,15-21H2,1-3H3,(H2,29,33)/t22-,25-,26-/m0/s1. The number of primary amides is 1. The van der Waals surface area contributed by atoms with E-state index in [0.717, 1.165) is 58.2 Å². The largest absolute Gasteiger partial charge is 0.368 e. The Labute approximate surface area is 206 Å². The third-order valence-corrected chi connectivity index (χ3v) is 8.09. The van der Waals surface area contributed by atoms with Gasteiger partial charge in [0.1, 0.15) is 0 Å². The number of amides is 2. The lowest BCUT2D eigenvalue weighted by Gasteiger charge is -2.41. The second kappa shape index (κ2) is 13.2. The predicted octanol–water partition coefficient (Wildman–Crippen LogP) is 3.69. The smallest absolute Gasteiger partial charge is 0.240 e. The molecule has 2 N–H and O–H groups in total. The molecule has 1 saturated carbocycles. The molecule has 0 spiro atoms. The Morgan fingerprint density at radius 3 is 2.41 bits per heavy atom. The van der Waals surface area contributed by atoms with E-state index in [1.165, 1.54) is 31.2 Å². The van der Waals surface area contributed by atoms with Gasteiger partial charge in [0.25, 0.3) is 0 Å². The molecular weight excluding hydrogens is 424 g/mol. The van der Waals surface area contributed by atoms with Gasteiger partial charge in [0.05, 0.1) is 12.1 Å². The number of aryl methyl sites for hydroxylation is 1. The summed E-state index contributed by atoms with van der Waals surface area (Å²) in [6, 6.07) is 10.2. The molecule has 6 nitrogen and oxygen atoms in total. The van der Waals surface area contributed by atoms with Crippen LogP contribution in [0, 0.1) is 5.92 Å². The third kappa shape index (κ3) is 7.29. The van der Waals surface area contributed by atoms with E-state index in [0.29, 0.717) is 5.92 Å². The summed E-state index contributed by atoms with van der Waals surface area (Å²) in [7, 11) is 4.10. The fourth-order valence-electron chi connectivity index (χ4n) is 5.89. The molecule has 190 valence electrons. The number of rotatable bonds is 12. The number of carbonyl (C=O) groups is 2. The second-order valence-corrected chi connectivity index (χ2v) is 10.6. The number of nitrogens with zero attached hydrogens (tertiary/aromatic N) is 3. The van der Waals surface area contributed by atoms with Gasteiger partial charge in [-0.1, -0.05) is 49.6 Å². The zero-order valence-corrected chi connectivity index (χ0v) is 21.6. The quantitative estimate of drug-likeness (QED) is 0.473. The van der Waals surface area contributed by atoms with Crippen LogP contribution >= 0.6 is 0 Å². The summed E-state index contributed by atoms with van der Waals surface area (Å²) >= 11 is 0. The topological polar surface area (TPSA) is 69.9 Å². The summed E-state index contributed by atoms with van der Waals surface area (Å²) in [5.41, 5.74) is 7.04. The number of benzene rings is 1. The van der Waals surface area contributed by atoms with Crippen LogP contribution in [-0.4, -0.2) is 78.4 Å². The van der Waals surface area contributed by atoms with Crippen LogP contribution in [0.4, 0.5) is 0 Å². The maximum absolute atomic E-state index is 13.9. The van der Waals surface area contributed by atoms with Crippen LogP contribution in [0.25, 0.3) is 0 Å². The zero-order chi connectivity index (χ0) is 24.5. The van der Waals surface area contributed by atoms with E-state index < -0.39 is 6.04 Å². The monoisotopic (exact) mass is 470 g/mol. The van der Waals surface area contributed by atoms with E-state index >= 15 is 0 Å². The Morgan fingerprint density at radius 1 is 1.03 bits per heavy atom. The number of likely N-dealkylation sites (tertiary alicyclic amines) is 1. The highest BCUT2D eigenvalue weighted by Crippen LogP contribution is 2.32. The Hall–Kier alpha value is -1.92. The summed E-state index contributed by atoms with van der Waals surface area (Å²) in [6.07, 6.45) is 11.3. The number of nitrogens with two attached hydrogens (primary N) is 1. The van der Waals surface area contributed by atoms with Gasteiger partial charge in [0, 0.05) is 19.1 Å². The van der Waals surface area contributed by atoms with Gasteiger partial charge in [-0.15, -0.1) is 0 Å². The molecule has 2 fully saturated rings. The van der Waals surface area contributed by atoms with E-state index in [9.17, 15) is 9.59 Å². The van der Waals surface area contributed by atoms with E-state index in [-0.39, 0.29) is 23.9 Å². The summed E-state index contributed by atoms with van der Waals surface area (Å²) in [5, 5.41) is 0. The van der Waals surface area contributed by atoms with Crippen molar-refractivity contribution in [2.75, 3.05) is 33.7 Å². The van der Waals surface area contributed by atoms with Crippen molar-refractivity contribution in [2.24, 2.45) is 11.7 Å². The highest BCUT2D eigenvalue weighted by atomic mass is 16.2. The number of hydrogen-bond donors (Lipinski definition) is 1. The molecule has 1 saturated heterocycles. The SMILES string of the molecule is C[C@@H](C(N)=O)N(C)[C@H](C(=O)N1CCC[C@H]1CN(C)CCCCc1ccccc1)C1CCCCC1. The van der Waals surface area contributed by atoms with Crippen molar-refractivity contribution in [3.8, 4) is 0 Å². The van der Waals surface area contributed by atoms with Crippen molar-refractivity contribution in [2.45, 2.75) is 89.3 Å². The first-order valence-electron chi connectivity index (χ1n) is 13.4. The van der Waals surface area contributed by atoms with Crippen LogP contribution in [0.3, 0.4) is 0 Å². The van der Waals surface area contributed by atoms with Crippen molar-refractivity contribution in [3.63, 3.8) is 0 Å². The van der Waals surface area contributed by atoms with E-state index in [1.807, 2.05) is 18.9 Å². The summed E-state index contributed by atoms with van der Waals surface area (Å²) in [4.78, 5) is 32.4. The Bertz CT molecular complexity index is 765. The third-order valence-electron chi connectivity index (χ3n) is 8.09. The van der Waals surface area contributed by atoms with Gasteiger partial charge in [-0.05, 0) is 84.0 Å². The normalized spacial score (nSPS) is 21.2. The lowest BCUT2D eigenvalue weighted by Crippen LogP contribution is -2.58. The van der Waals surface area contributed by atoms with E-state index in [2.05, 4.69) is 47.2 Å². The van der Waals surface area contributed by atoms with Crippen molar-refractivity contribution in [1.29, 1.82) is 0 Å². The van der Waals surface area contributed by atoms with Gasteiger partial charge in [0.2, 0.25) is 11.8 Å². The molecule has 1 aliphatic heterocycles. The van der Waals surface area contributed by atoms with Crippen molar-refractivity contribution in [3.05, 3.63) is 35.9 Å². The lowest BCUT2D eigenvalue weighted by atomic mass is 9.82. The fraction of sp³-hybridized carbons (Fsp3) is 0.714. The second-order valence-electron chi connectivity index (χ2n) is 10.6. The van der Waals surface area contributed by atoms with E-state index in [4.69, 9.17) is 5.73 Å². The van der Waals surface area contributed by atoms with Crippen molar-refractivity contribution >= 4 is 11.8 Å². The molecule has 1 aromatic rings. The molecule has 6 heteroatoms. The minimum Gasteiger partial charge on any atom is -0.368 e. The van der Waals surface area contributed by atoms with Crippen LogP contribution < -0.4 is 5.73 Å². The van der Waals surface area contributed by atoms with Crippen LogP contribution in [-0.2, 0) is 16.0 Å². The molecule has 3 rings (SSSR count). The molecule has 2 aliphatic rings. The van der Waals surface area contributed by atoms with Crippen LogP contribution in [0.5, 0.6) is 0 Å². The molecule has 34 heavy (non-hydrogen) atoms. The number of likely N-dealkylation sites (N-methyl/N-ethyl adjacent to an activating group) is 2. The fourth-order valence-corrected chi connectivity index (χ4v) is 5.89. The highest BCUT2D eigenvalue weighted by Gasteiger charge is 2.41. The predicted molar refractivity (Wildman–Crippen MR) is 138 cm³/mol.